The molecular weight excluding hydrogens is 316 g/mol. The van der Waals surface area contributed by atoms with Gasteiger partial charge in [0.1, 0.15) is 0 Å². The Bertz CT molecular complexity index is 572. The standard InChI is InChI=1S/C11H11BrN4OS/c1-6(7-3-2-4-8(12)5-7)14-9(17)10-15-16-11(13)18-10/h2-6H,1H3,(H2,13,16)(H,14,17). The summed E-state index contributed by atoms with van der Waals surface area (Å²) in [6.45, 7) is 1.91. The van der Waals surface area contributed by atoms with Gasteiger partial charge < -0.3 is 11.1 Å². The van der Waals surface area contributed by atoms with Crippen molar-refractivity contribution >= 4 is 38.3 Å². The Morgan fingerprint density at radius 2 is 2.28 bits per heavy atom. The van der Waals surface area contributed by atoms with Crippen LogP contribution in [-0.4, -0.2) is 16.1 Å². The van der Waals surface area contributed by atoms with E-state index in [0.29, 0.717) is 0 Å². The Morgan fingerprint density at radius 3 is 2.89 bits per heavy atom. The van der Waals surface area contributed by atoms with Crippen LogP contribution < -0.4 is 11.1 Å². The van der Waals surface area contributed by atoms with Gasteiger partial charge >= 0.3 is 0 Å². The van der Waals surface area contributed by atoms with E-state index in [4.69, 9.17) is 5.73 Å². The van der Waals surface area contributed by atoms with Crippen molar-refractivity contribution in [1.29, 1.82) is 0 Å². The largest absolute Gasteiger partial charge is 0.374 e. The molecule has 0 saturated carbocycles. The van der Waals surface area contributed by atoms with Crippen molar-refractivity contribution in [2.24, 2.45) is 0 Å². The Kier molecular flexibility index (Phi) is 3.93. The average Bonchev–Trinajstić information content (AvgIpc) is 2.76. The molecule has 0 bridgehead atoms. The lowest BCUT2D eigenvalue weighted by molar-refractivity contribution is 0.0939. The number of benzene rings is 1. The molecule has 94 valence electrons. The number of carbonyl (C=O) groups is 1. The highest BCUT2D eigenvalue weighted by molar-refractivity contribution is 9.10. The van der Waals surface area contributed by atoms with Gasteiger partial charge in [0.15, 0.2) is 0 Å². The number of nitrogens with two attached hydrogens (primary N) is 1. The molecule has 0 spiro atoms. The number of aromatic nitrogens is 2. The molecular formula is C11H11BrN4OS. The summed E-state index contributed by atoms with van der Waals surface area (Å²) in [5.41, 5.74) is 6.45. The van der Waals surface area contributed by atoms with E-state index in [1.54, 1.807) is 0 Å². The lowest BCUT2D eigenvalue weighted by atomic mass is 10.1. The molecule has 18 heavy (non-hydrogen) atoms. The summed E-state index contributed by atoms with van der Waals surface area (Å²) in [5.74, 6) is -0.267. The fraction of sp³-hybridized carbons (Fsp3) is 0.182. The summed E-state index contributed by atoms with van der Waals surface area (Å²) >= 11 is 4.47. The van der Waals surface area contributed by atoms with Crippen LogP contribution in [-0.2, 0) is 0 Å². The minimum atomic E-state index is -0.267. The van der Waals surface area contributed by atoms with Gasteiger partial charge in [-0.3, -0.25) is 4.79 Å². The maximum atomic E-state index is 11.9. The number of hydrogen-bond donors (Lipinski definition) is 2. The van der Waals surface area contributed by atoms with Crippen LogP contribution >= 0.6 is 27.3 Å². The van der Waals surface area contributed by atoms with Crippen LogP contribution in [0.5, 0.6) is 0 Å². The monoisotopic (exact) mass is 326 g/mol. The van der Waals surface area contributed by atoms with Crippen molar-refractivity contribution in [3.63, 3.8) is 0 Å². The topological polar surface area (TPSA) is 80.9 Å². The summed E-state index contributed by atoms with van der Waals surface area (Å²) in [5, 5.41) is 10.7. The zero-order valence-corrected chi connectivity index (χ0v) is 12.0. The van der Waals surface area contributed by atoms with Gasteiger partial charge in [0.2, 0.25) is 10.1 Å². The van der Waals surface area contributed by atoms with Crippen LogP contribution in [0.3, 0.4) is 0 Å². The van der Waals surface area contributed by atoms with Crippen LogP contribution in [0.1, 0.15) is 28.3 Å². The third-order valence-corrected chi connectivity index (χ3v) is 3.58. The number of nitrogens with zero attached hydrogens (tertiary/aromatic N) is 2. The van der Waals surface area contributed by atoms with Gasteiger partial charge in [-0.2, -0.15) is 0 Å². The number of hydrogen-bond acceptors (Lipinski definition) is 5. The summed E-state index contributed by atoms with van der Waals surface area (Å²) in [6, 6.07) is 7.65. The number of anilines is 1. The summed E-state index contributed by atoms with van der Waals surface area (Å²) < 4.78 is 0.973. The number of nitrogens with one attached hydrogen (secondary N) is 1. The molecule has 0 aliphatic heterocycles. The molecule has 0 radical (unpaired) electrons. The Hall–Kier alpha value is -1.47. The van der Waals surface area contributed by atoms with Crippen LogP contribution in [0, 0.1) is 0 Å². The van der Waals surface area contributed by atoms with Crippen molar-refractivity contribution in [3.8, 4) is 0 Å². The normalized spacial score (nSPS) is 12.1. The summed E-state index contributed by atoms with van der Waals surface area (Å²) in [7, 11) is 0. The van der Waals surface area contributed by atoms with E-state index in [9.17, 15) is 4.79 Å². The van der Waals surface area contributed by atoms with Crippen molar-refractivity contribution in [3.05, 3.63) is 39.3 Å². The van der Waals surface area contributed by atoms with Crippen LogP contribution in [0.4, 0.5) is 5.13 Å². The number of nitrogen functional groups attached to an aromatic ring is 1. The van der Waals surface area contributed by atoms with Crippen molar-refractivity contribution in [1.82, 2.24) is 15.5 Å². The first-order valence-electron chi connectivity index (χ1n) is 5.21. The van der Waals surface area contributed by atoms with Gasteiger partial charge in [0, 0.05) is 4.47 Å². The second-order valence-corrected chi connectivity index (χ2v) is 5.62. The van der Waals surface area contributed by atoms with Crippen molar-refractivity contribution < 1.29 is 4.79 Å². The molecule has 7 heteroatoms. The number of rotatable bonds is 3. The van der Waals surface area contributed by atoms with E-state index >= 15 is 0 Å². The third-order valence-electron chi connectivity index (χ3n) is 2.33. The van der Waals surface area contributed by atoms with Crippen LogP contribution in [0.15, 0.2) is 28.7 Å². The van der Waals surface area contributed by atoms with Crippen LogP contribution in [0.25, 0.3) is 0 Å². The molecule has 0 fully saturated rings. The quantitative estimate of drug-likeness (QED) is 0.907. The first-order chi connectivity index (χ1) is 8.56. The predicted molar refractivity (Wildman–Crippen MR) is 74.3 cm³/mol. The van der Waals surface area contributed by atoms with Gasteiger partial charge in [-0.05, 0) is 24.6 Å². The van der Waals surface area contributed by atoms with Gasteiger partial charge in [-0.15, -0.1) is 10.2 Å². The SMILES string of the molecule is CC(NC(=O)c1nnc(N)s1)c1cccc(Br)c1. The predicted octanol–water partition coefficient (Wildman–Crippen LogP) is 2.37. The van der Waals surface area contributed by atoms with E-state index < -0.39 is 0 Å². The number of halogens is 1. The number of carbonyl (C=O) groups excluding carboxylic acids is 1. The van der Waals surface area contributed by atoms with E-state index in [0.717, 1.165) is 21.4 Å². The minimum Gasteiger partial charge on any atom is -0.374 e. The lowest BCUT2D eigenvalue weighted by Gasteiger charge is -2.13. The molecule has 0 aliphatic carbocycles. The van der Waals surface area contributed by atoms with E-state index in [2.05, 4.69) is 31.4 Å². The molecule has 3 N–H and O–H groups in total. The lowest BCUT2D eigenvalue weighted by Crippen LogP contribution is -2.26. The Balaban J connectivity index is 2.07. The van der Waals surface area contributed by atoms with Crippen LogP contribution in [0.2, 0.25) is 0 Å². The van der Waals surface area contributed by atoms with Crippen molar-refractivity contribution in [2.75, 3.05) is 5.73 Å². The van der Waals surface area contributed by atoms with Gasteiger partial charge in [0.25, 0.3) is 5.91 Å². The van der Waals surface area contributed by atoms with E-state index in [-0.39, 0.29) is 22.1 Å². The molecule has 1 aromatic heterocycles. The van der Waals surface area contributed by atoms with E-state index in [1.807, 2.05) is 31.2 Å². The van der Waals surface area contributed by atoms with Crippen molar-refractivity contribution in [2.45, 2.75) is 13.0 Å². The Morgan fingerprint density at radius 1 is 1.50 bits per heavy atom. The molecule has 1 atom stereocenters. The average molecular weight is 327 g/mol. The smallest absolute Gasteiger partial charge is 0.282 e. The third kappa shape index (κ3) is 3.05. The first-order valence-corrected chi connectivity index (χ1v) is 6.82. The maximum absolute atomic E-state index is 11.9. The highest BCUT2D eigenvalue weighted by Crippen LogP contribution is 2.19. The summed E-state index contributed by atoms with van der Waals surface area (Å²) in [4.78, 5) is 11.9. The van der Waals surface area contributed by atoms with Gasteiger partial charge in [-0.25, -0.2) is 0 Å². The maximum Gasteiger partial charge on any atom is 0.282 e. The molecule has 0 aliphatic rings. The molecule has 2 rings (SSSR count). The van der Waals surface area contributed by atoms with Gasteiger partial charge in [0.05, 0.1) is 6.04 Å². The highest BCUT2D eigenvalue weighted by atomic mass is 79.9. The molecule has 1 heterocycles. The second kappa shape index (κ2) is 5.45. The highest BCUT2D eigenvalue weighted by Gasteiger charge is 2.15. The molecule has 2 aromatic rings. The fourth-order valence-electron chi connectivity index (χ4n) is 1.44. The number of amides is 1. The van der Waals surface area contributed by atoms with E-state index in [1.165, 1.54) is 0 Å². The molecule has 1 unspecified atom stereocenters. The Labute approximate surface area is 117 Å². The summed E-state index contributed by atoms with van der Waals surface area (Å²) in [6.07, 6.45) is 0. The molecule has 0 saturated heterocycles. The minimum absolute atomic E-state index is 0.111. The zero-order chi connectivity index (χ0) is 13.1. The molecule has 1 aromatic carbocycles. The zero-order valence-electron chi connectivity index (χ0n) is 9.55. The molecule has 1 amide bonds. The first kappa shape index (κ1) is 13.0. The second-order valence-electron chi connectivity index (χ2n) is 3.70. The fourth-order valence-corrected chi connectivity index (χ4v) is 2.37. The van der Waals surface area contributed by atoms with Gasteiger partial charge in [-0.1, -0.05) is 39.4 Å². The molecule has 5 nitrogen and oxygen atoms in total.